The van der Waals surface area contributed by atoms with Crippen molar-refractivity contribution in [3.63, 3.8) is 0 Å². The standard InChI is InChI=1S/C20H23N5O2/c1-21-20(22-9-12-25-10-2-3-11-25)23-15-16-6-4-7-17(14-16)24-19(26)18-8-5-13-27-18/h2-8,10-11,13-14H,9,12,15H2,1H3,(H,24,26)(H2,21,22,23). The fourth-order valence-electron chi connectivity index (χ4n) is 2.59. The molecule has 140 valence electrons. The molecule has 0 unspecified atom stereocenters. The van der Waals surface area contributed by atoms with E-state index >= 15 is 0 Å². The molecule has 2 aromatic heterocycles. The van der Waals surface area contributed by atoms with Crippen LogP contribution in [0.15, 0.2) is 76.6 Å². The van der Waals surface area contributed by atoms with Gasteiger partial charge in [0.25, 0.3) is 5.91 Å². The van der Waals surface area contributed by atoms with Crippen LogP contribution in [0.2, 0.25) is 0 Å². The zero-order chi connectivity index (χ0) is 18.9. The summed E-state index contributed by atoms with van der Waals surface area (Å²) in [5.74, 6) is 0.741. The Morgan fingerprint density at radius 1 is 1.11 bits per heavy atom. The third kappa shape index (κ3) is 5.50. The molecule has 0 aliphatic rings. The zero-order valence-electron chi connectivity index (χ0n) is 15.2. The molecule has 7 nitrogen and oxygen atoms in total. The molecule has 27 heavy (non-hydrogen) atoms. The first-order chi connectivity index (χ1) is 13.2. The first kappa shape index (κ1) is 18.3. The molecule has 0 spiro atoms. The molecular weight excluding hydrogens is 342 g/mol. The van der Waals surface area contributed by atoms with Gasteiger partial charge < -0.3 is 24.9 Å². The van der Waals surface area contributed by atoms with Gasteiger partial charge in [-0.15, -0.1) is 0 Å². The van der Waals surface area contributed by atoms with E-state index in [-0.39, 0.29) is 11.7 Å². The summed E-state index contributed by atoms with van der Waals surface area (Å²) in [5.41, 5.74) is 1.74. The highest BCUT2D eigenvalue weighted by molar-refractivity contribution is 6.02. The van der Waals surface area contributed by atoms with Gasteiger partial charge in [0.2, 0.25) is 0 Å². The Labute approximate surface area is 158 Å². The van der Waals surface area contributed by atoms with E-state index in [1.807, 2.05) is 48.8 Å². The highest BCUT2D eigenvalue weighted by atomic mass is 16.3. The molecule has 1 amide bonds. The molecule has 1 aromatic carbocycles. The second kappa shape index (κ2) is 9.28. The number of aliphatic imine (C=N–C) groups is 1. The second-order valence-electron chi connectivity index (χ2n) is 5.91. The van der Waals surface area contributed by atoms with Crippen LogP contribution in [0.3, 0.4) is 0 Å². The van der Waals surface area contributed by atoms with E-state index in [1.54, 1.807) is 19.2 Å². The van der Waals surface area contributed by atoms with Crippen LogP contribution in [-0.4, -0.2) is 30.0 Å². The van der Waals surface area contributed by atoms with Crippen molar-refractivity contribution in [2.24, 2.45) is 4.99 Å². The molecule has 0 aliphatic heterocycles. The summed E-state index contributed by atoms with van der Waals surface area (Å²) in [7, 11) is 1.74. The van der Waals surface area contributed by atoms with Crippen LogP contribution in [0.25, 0.3) is 0 Å². The van der Waals surface area contributed by atoms with Gasteiger partial charge in [-0.25, -0.2) is 0 Å². The molecule has 7 heteroatoms. The van der Waals surface area contributed by atoms with Gasteiger partial charge in [-0.05, 0) is 42.0 Å². The van der Waals surface area contributed by atoms with Crippen LogP contribution in [0, 0.1) is 0 Å². The van der Waals surface area contributed by atoms with Crippen molar-refractivity contribution in [2.45, 2.75) is 13.1 Å². The molecule has 3 aromatic rings. The van der Waals surface area contributed by atoms with Gasteiger partial charge >= 0.3 is 0 Å². The minimum atomic E-state index is -0.271. The number of amides is 1. The molecule has 0 saturated heterocycles. The van der Waals surface area contributed by atoms with Crippen molar-refractivity contribution in [1.29, 1.82) is 0 Å². The highest BCUT2D eigenvalue weighted by Crippen LogP contribution is 2.12. The Morgan fingerprint density at radius 3 is 2.70 bits per heavy atom. The number of benzene rings is 1. The normalized spacial score (nSPS) is 11.2. The van der Waals surface area contributed by atoms with Crippen molar-refractivity contribution in [3.8, 4) is 0 Å². The van der Waals surface area contributed by atoms with Gasteiger partial charge in [0.05, 0.1) is 6.26 Å². The van der Waals surface area contributed by atoms with Crippen molar-refractivity contribution in [3.05, 3.63) is 78.5 Å². The van der Waals surface area contributed by atoms with E-state index in [4.69, 9.17) is 4.42 Å². The van der Waals surface area contributed by atoms with E-state index in [1.165, 1.54) is 6.26 Å². The fourth-order valence-corrected chi connectivity index (χ4v) is 2.59. The van der Waals surface area contributed by atoms with Crippen LogP contribution >= 0.6 is 0 Å². The quantitative estimate of drug-likeness (QED) is 0.444. The fraction of sp³-hybridized carbons (Fsp3) is 0.200. The van der Waals surface area contributed by atoms with Crippen LogP contribution in [0.4, 0.5) is 5.69 Å². The van der Waals surface area contributed by atoms with Crippen LogP contribution in [0.5, 0.6) is 0 Å². The summed E-state index contributed by atoms with van der Waals surface area (Å²) in [6.07, 6.45) is 5.53. The lowest BCUT2D eigenvalue weighted by Gasteiger charge is -2.13. The molecule has 0 fully saturated rings. The minimum absolute atomic E-state index is 0.271. The average Bonchev–Trinajstić information content (AvgIpc) is 3.38. The van der Waals surface area contributed by atoms with Crippen LogP contribution < -0.4 is 16.0 Å². The van der Waals surface area contributed by atoms with Crippen LogP contribution in [0.1, 0.15) is 16.1 Å². The molecule has 3 rings (SSSR count). The predicted octanol–water partition coefficient (Wildman–Crippen LogP) is 2.70. The number of hydrogen-bond donors (Lipinski definition) is 3. The monoisotopic (exact) mass is 365 g/mol. The van der Waals surface area contributed by atoms with Crippen molar-refractivity contribution < 1.29 is 9.21 Å². The molecule has 0 radical (unpaired) electrons. The summed E-state index contributed by atoms with van der Waals surface area (Å²) in [5, 5.41) is 9.38. The Kier molecular flexibility index (Phi) is 6.30. The number of hydrogen-bond acceptors (Lipinski definition) is 3. The number of anilines is 1. The maximum absolute atomic E-state index is 12.1. The van der Waals surface area contributed by atoms with E-state index in [0.717, 1.165) is 24.6 Å². The maximum atomic E-state index is 12.1. The van der Waals surface area contributed by atoms with E-state index < -0.39 is 0 Å². The van der Waals surface area contributed by atoms with Crippen molar-refractivity contribution in [1.82, 2.24) is 15.2 Å². The Hall–Kier alpha value is -3.48. The average molecular weight is 365 g/mol. The molecule has 0 saturated carbocycles. The minimum Gasteiger partial charge on any atom is -0.459 e. The lowest BCUT2D eigenvalue weighted by Crippen LogP contribution is -2.38. The van der Waals surface area contributed by atoms with Gasteiger partial charge in [0, 0.05) is 44.8 Å². The molecule has 0 bridgehead atoms. The molecule has 3 N–H and O–H groups in total. The van der Waals surface area contributed by atoms with Crippen molar-refractivity contribution >= 4 is 17.6 Å². The molecule has 0 atom stereocenters. The largest absolute Gasteiger partial charge is 0.459 e. The number of carbonyl (C=O) groups excluding carboxylic acids is 1. The summed E-state index contributed by atoms with van der Waals surface area (Å²) >= 11 is 0. The number of furan rings is 1. The third-order valence-corrected chi connectivity index (χ3v) is 3.94. The summed E-state index contributed by atoms with van der Waals surface area (Å²) < 4.78 is 7.21. The van der Waals surface area contributed by atoms with Gasteiger partial charge in [0.1, 0.15) is 0 Å². The Balaban J connectivity index is 1.48. The maximum Gasteiger partial charge on any atom is 0.291 e. The van der Waals surface area contributed by atoms with E-state index in [0.29, 0.717) is 12.2 Å². The Bertz CT molecular complexity index is 870. The first-order valence-electron chi connectivity index (χ1n) is 8.73. The number of carbonyl (C=O) groups is 1. The lowest BCUT2D eigenvalue weighted by atomic mass is 10.2. The molecular formula is C20H23N5O2. The summed E-state index contributed by atoms with van der Waals surface area (Å²) in [6, 6.07) is 15.0. The molecule has 0 aliphatic carbocycles. The molecule has 2 heterocycles. The Morgan fingerprint density at radius 2 is 1.96 bits per heavy atom. The van der Waals surface area contributed by atoms with Crippen molar-refractivity contribution in [2.75, 3.05) is 18.9 Å². The highest BCUT2D eigenvalue weighted by Gasteiger charge is 2.08. The second-order valence-corrected chi connectivity index (χ2v) is 5.91. The van der Waals surface area contributed by atoms with Crippen LogP contribution in [-0.2, 0) is 13.1 Å². The predicted molar refractivity (Wildman–Crippen MR) is 106 cm³/mol. The van der Waals surface area contributed by atoms with Gasteiger partial charge in [-0.2, -0.15) is 0 Å². The van der Waals surface area contributed by atoms with Gasteiger partial charge in [0.15, 0.2) is 11.7 Å². The number of nitrogens with one attached hydrogen (secondary N) is 3. The smallest absolute Gasteiger partial charge is 0.291 e. The first-order valence-corrected chi connectivity index (χ1v) is 8.73. The topological polar surface area (TPSA) is 83.6 Å². The van der Waals surface area contributed by atoms with E-state index in [2.05, 4.69) is 25.5 Å². The number of rotatable bonds is 7. The van der Waals surface area contributed by atoms with Gasteiger partial charge in [-0.1, -0.05) is 12.1 Å². The SMILES string of the molecule is CN=C(NCCn1cccc1)NCc1cccc(NC(=O)c2ccco2)c1. The number of aromatic nitrogens is 1. The number of guanidine groups is 1. The van der Waals surface area contributed by atoms with E-state index in [9.17, 15) is 4.79 Å². The lowest BCUT2D eigenvalue weighted by molar-refractivity contribution is 0.0996. The van der Waals surface area contributed by atoms with Gasteiger partial charge in [-0.3, -0.25) is 9.79 Å². The summed E-state index contributed by atoms with van der Waals surface area (Å²) in [4.78, 5) is 16.3. The number of nitrogens with zero attached hydrogens (tertiary/aromatic N) is 2. The third-order valence-electron chi connectivity index (χ3n) is 3.94. The zero-order valence-corrected chi connectivity index (χ0v) is 15.2. The summed E-state index contributed by atoms with van der Waals surface area (Å²) in [6.45, 7) is 2.23.